The zero-order valence-corrected chi connectivity index (χ0v) is 11.0. The van der Waals surface area contributed by atoms with Crippen molar-refractivity contribution in [1.29, 1.82) is 0 Å². The lowest BCUT2D eigenvalue weighted by Crippen LogP contribution is -2.42. The first-order chi connectivity index (χ1) is 7.56. The van der Waals surface area contributed by atoms with Crippen LogP contribution >= 0.6 is 0 Å². The first-order valence-corrected chi connectivity index (χ1v) is 7.44. The highest BCUT2D eigenvalue weighted by Gasteiger charge is 2.18. The summed E-state index contributed by atoms with van der Waals surface area (Å²) >= 11 is 0. The number of nitrogens with zero attached hydrogens (tertiary/aromatic N) is 1. The number of nitrogens with one attached hydrogen (secondary N) is 2. The minimum absolute atomic E-state index is 0.439. The van der Waals surface area contributed by atoms with Crippen molar-refractivity contribution < 1.29 is 8.42 Å². The van der Waals surface area contributed by atoms with E-state index in [0.717, 1.165) is 19.4 Å². The third kappa shape index (κ3) is 4.37. The van der Waals surface area contributed by atoms with Crippen LogP contribution in [0.5, 0.6) is 0 Å². The van der Waals surface area contributed by atoms with Crippen LogP contribution in [0.15, 0.2) is 0 Å². The summed E-state index contributed by atoms with van der Waals surface area (Å²) in [5.74, 6) is 0. The minimum atomic E-state index is -3.26. The molecule has 0 aromatic heterocycles. The van der Waals surface area contributed by atoms with Crippen molar-refractivity contribution in [3.8, 4) is 0 Å². The Hall–Kier alpha value is -0.170. The van der Waals surface area contributed by atoms with Crippen LogP contribution in [0.4, 0.5) is 0 Å². The first-order valence-electron chi connectivity index (χ1n) is 6.00. The highest BCUT2D eigenvalue weighted by atomic mass is 32.2. The van der Waals surface area contributed by atoms with E-state index in [0.29, 0.717) is 19.1 Å². The highest BCUT2D eigenvalue weighted by molar-refractivity contribution is 7.87. The van der Waals surface area contributed by atoms with Gasteiger partial charge in [-0.3, -0.25) is 0 Å². The zero-order chi connectivity index (χ0) is 12.0. The number of piperidine rings is 1. The molecule has 1 heterocycles. The summed E-state index contributed by atoms with van der Waals surface area (Å²) in [7, 11) is -1.63. The summed E-state index contributed by atoms with van der Waals surface area (Å²) < 4.78 is 27.1. The standard InChI is InChI=1S/C10H23N3O2S/c1-3-12-16(14,15)13(2)9-7-10-6-4-5-8-11-10/h10-12H,3-9H2,1-2H3. The summed E-state index contributed by atoms with van der Waals surface area (Å²) in [6.45, 7) is 3.86. The lowest BCUT2D eigenvalue weighted by Gasteiger charge is -2.25. The van der Waals surface area contributed by atoms with Crippen molar-refractivity contribution in [3.05, 3.63) is 0 Å². The molecule has 1 saturated heterocycles. The number of rotatable bonds is 6. The molecule has 0 aromatic rings. The van der Waals surface area contributed by atoms with E-state index in [9.17, 15) is 8.42 Å². The third-order valence-electron chi connectivity index (χ3n) is 2.94. The lowest BCUT2D eigenvalue weighted by molar-refractivity contribution is 0.350. The summed E-state index contributed by atoms with van der Waals surface area (Å²) in [5.41, 5.74) is 0. The van der Waals surface area contributed by atoms with Crippen LogP contribution in [0.3, 0.4) is 0 Å². The van der Waals surface area contributed by atoms with Crippen LogP contribution in [0.2, 0.25) is 0 Å². The Morgan fingerprint density at radius 3 is 2.75 bits per heavy atom. The lowest BCUT2D eigenvalue weighted by atomic mass is 10.0. The summed E-state index contributed by atoms with van der Waals surface area (Å²) in [5, 5.41) is 3.42. The molecule has 0 saturated carbocycles. The Balaban J connectivity index is 2.30. The molecular formula is C10H23N3O2S. The van der Waals surface area contributed by atoms with Gasteiger partial charge in [-0.05, 0) is 25.8 Å². The monoisotopic (exact) mass is 249 g/mol. The van der Waals surface area contributed by atoms with Gasteiger partial charge in [0.1, 0.15) is 0 Å². The van der Waals surface area contributed by atoms with Crippen molar-refractivity contribution in [2.24, 2.45) is 0 Å². The van der Waals surface area contributed by atoms with Crippen LogP contribution in [0.25, 0.3) is 0 Å². The van der Waals surface area contributed by atoms with E-state index in [1.54, 1.807) is 14.0 Å². The van der Waals surface area contributed by atoms with Gasteiger partial charge in [0.2, 0.25) is 0 Å². The molecule has 96 valence electrons. The maximum absolute atomic E-state index is 11.6. The molecule has 1 rings (SSSR count). The molecule has 1 fully saturated rings. The van der Waals surface area contributed by atoms with Crippen molar-refractivity contribution in [2.75, 3.05) is 26.7 Å². The quantitative estimate of drug-likeness (QED) is 0.712. The largest absolute Gasteiger partial charge is 0.314 e. The van der Waals surface area contributed by atoms with E-state index in [2.05, 4.69) is 10.0 Å². The maximum atomic E-state index is 11.6. The SMILES string of the molecule is CCNS(=O)(=O)N(C)CCC1CCCCN1. The molecule has 16 heavy (non-hydrogen) atoms. The summed E-state index contributed by atoms with van der Waals surface area (Å²) in [6, 6.07) is 0.480. The Labute approximate surface area is 98.8 Å². The zero-order valence-electron chi connectivity index (χ0n) is 10.2. The molecule has 6 heteroatoms. The second-order valence-electron chi connectivity index (χ2n) is 4.26. The molecule has 1 atom stereocenters. The van der Waals surface area contributed by atoms with Crippen LogP contribution < -0.4 is 10.0 Å². The molecule has 0 aliphatic carbocycles. The van der Waals surface area contributed by atoms with Gasteiger partial charge in [0.25, 0.3) is 10.2 Å². The minimum Gasteiger partial charge on any atom is -0.314 e. The van der Waals surface area contributed by atoms with E-state index in [1.165, 1.54) is 17.1 Å². The Morgan fingerprint density at radius 2 is 2.19 bits per heavy atom. The molecule has 0 amide bonds. The average Bonchev–Trinajstić information content (AvgIpc) is 2.27. The predicted octanol–water partition coefficient (Wildman–Crippen LogP) is 0.305. The second-order valence-corrected chi connectivity index (χ2v) is 6.12. The summed E-state index contributed by atoms with van der Waals surface area (Å²) in [6.07, 6.45) is 4.54. The molecule has 1 aliphatic heterocycles. The van der Waals surface area contributed by atoms with E-state index >= 15 is 0 Å². The molecular weight excluding hydrogens is 226 g/mol. The molecule has 5 nitrogen and oxygen atoms in total. The van der Waals surface area contributed by atoms with E-state index in [1.807, 2.05) is 0 Å². The van der Waals surface area contributed by atoms with Crippen LogP contribution in [0.1, 0.15) is 32.6 Å². The predicted molar refractivity (Wildman–Crippen MR) is 65.5 cm³/mol. The summed E-state index contributed by atoms with van der Waals surface area (Å²) in [4.78, 5) is 0. The molecule has 1 aliphatic rings. The van der Waals surface area contributed by atoms with Crippen molar-refractivity contribution in [1.82, 2.24) is 14.3 Å². The van der Waals surface area contributed by atoms with E-state index in [4.69, 9.17) is 0 Å². The van der Waals surface area contributed by atoms with Crippen LogP contribution in [0, 0.1) is 0 Å². The third-order valence-corrected chi connectivity index (χ3v) is 4.60. The van der Waals surface area contributed by atoms with Gasteiger partial charge in [0, 0.05) is 26.2 Å². The van der Waals surface area contributed by atoms with Crippen molar-refractivity contribution >= 4 is 10.2 Å². The van der Waals surface area contributed by atoms with Gasteiger partial charge in [0.05, 0.1) is 0 Å². The van der Waals surface area contributed by atoms with Gasteiger partial charge >= 0.3 is 0 Å². The Bertz CT molecular complexity index is 286. The molecule has 1 unspecified atom stereocenters. The highest BCUT2D eigenvalue weighted by Crippen LogP contribution is 2.10. The first kappa shape index (κ1) is 13.9. The fraction of sp³-hybridized carbons (Fsp3) is 1.00. The second kappa shape index (κ2) is 6.54. The van der Waals surface area contributed by atoms with Gasteiger partial charge in [-0.15, -0.1) is 0 Å². The Kier molecular flexibility index (Phi) is 5.68. The van der Waals surface area contributed by atoms with Gasteiger partial charge < -0.3 is 5.32 Å². The van der Waals surface area contributed by atoms with E-state index < -0.39 is 10.2 Å². The Morgan fingerprint density at radius 1 is 1.44 bits per heavy atom. The molecule has 2 N–H and O–H groups in total. The van der Waals surface area contributed by atoms with Gasteiger partial charge in [-0.1, -0.05) is 13.3 Å². The normalized spacial score (nSPS) is 22.6. The van der Waals surface area contributed by atoms with Crippen molar-refractivity contribution in [3.63, 3.8) is 0 Å². The maximum Gasteiger partial charge on any atom is 0.279 e. The van der Waals surface area contributed by atoms with Gasteiger partial charge in [-0.2, -0.15) is 12.7 Å². The number of hydrogen-bond donors (Lipinski definition) is 2. The molecule has 0 spiro atoms. The topological polar surface area (TPSA) is 61.4 Å². The fourth-order valence-corrected chi connectivity index (χ4v) is 2.85. The fourth-order valence-electron chi connectivity index (χ4n) is 1.92. The van der Waals surface area contributed by atoms with Crippen LogP contribution in [-0.4, -0.2) is 45.4 Å². The molecule has 0 aromatic carbocycles. The smallest absolute Gasteiger partial charge is 0.279 e. The van der Waals surface area contributed by atoms with Gasteiger partial charge in [0.15, 0.2) is 0 Å². The molecule has 0 bridgehead atoms. The average molecular weight is 249 g/mol. The van der Waals surface area contributed by atoms with E-state index in [-0.39, 0.29) is 0 Å². The van der Waals surface area contributed by atoms with Gasteiger partial charge in [-0.25, -0.2) is 4.72 Å². The molecule has 0 radical (unpaired) electrons. The van der Waals surface area contributed by atoms with Crippen LogP contribution in [-0.2, 0) is 10.2 Å². The van der Waals surface area contributed by atoms with Crippen molar-refractivity contribution in [2.45, 2.75) is 38.6 Å². The number of hydrogen-bond acceptors (Lipinski definition) is 3.